The maximum atomic E-state index is 12.5. The molecule has 0 unspecified atom stereocenters. The normalized spacial score (nSPS) is 22.4. The van der Waals surface area contributed by atoms with E-state index in [4.69, 9.17) is 28.1 Å². The molecular weight excluding hydrogens is 588 g/mol. The van der Waals surface area contributed by atoms with Gasteiger partial charge in [0, 0.05) is 21.0 Å². The Labute approximate surface area is 268 Å². The highest BCUT2D eigenvalue weighted by Crippen LogP contribution is 2.43. The zero-order chi connectivity index (χ0) is 32.8. The molecular formula is C36H46O8Si. The van der Waals surface area contributed by atoms with E-state index >= 15 is 0 Å². The van der Waals surface area contributed by atoms with Gasteiger partial charge in [-0.2, -0.15) is 0 Å². The number of hydrogen-bond acceptors (Lipinski definition) is 8. The molecule has 8 nitrogen and oxygen atoms in total. The molecule has 5 atom stereocenters. The zero-order valence-corrected chi connectivity index (χ0v) is 28.5. The number of rotatable bonds is 11. The monoisotopic (exact) mass is 634 g/mol. The fourth-order valence-electron chi connectivity index (χ4n) is 5.48. The molecule has 0 N–H and O–H groups in total. The van der Waals surface area contributed by atoms with Gasteiger partial charge in [-0.1, -0.05) is 112 Å². The van der Waals surface area contributed by atoms with Crippen molar-refractivity contribution in [3.63, 3.8) is 0 Å². The Morgan fingerprint density at radius 1 is 0.711 bits per heavy atom. The summed E-state index contributed by atoms with van der Waals surface area (Å²) < 4.78 is 37.9. The minimum Gasteiger partial charge on any atom is -0.456 e. The molecule has 3 aromatic carbocycles. The van der Waals surface area contributed by atoms with Crippen LogP contribution in [0.4, 0.5) is 0 Å². The molecule has 1 fully saturated rings. The van der Waals surface area contributed by atoms with Crippen LogP contribution >= 0.6 is 0 Å². The van der Waals surface area contributed by atoms with Crippen molar-refractivity contribution in [1.29, 1.82) is 0 Å². The van der Waals surface area contributed by atoms with E-state index in [0.717, 1.165) is 16.7 Å². The van der Waals surface area contributed by atoms with Gasteiger partial charge in [0.2, 0.25) is 0 Å². The van der Waals surface area contributed by atoms with Gasteiger partial charge in [0.05, 0.1) is 6.61 Å². The number of benzene rings is 3. The lowest BCUT2D eigenvalue weighted by atomic mass is 9.80. The largest absolute Gasteiger partial charge is 0.456 e. The second-order valence-electron chi connectivity index (χ2n) is 12.9. The van der Waals surface area contributed by atoms with Crippen molar-refractivity contribution in [1.82, 2.24) is 0 Å². The summed E-state index contributed by atoms with van der Waals surface area (Å²) >= 11 is 0. The Morgan fingerprint density at radius 3 is 1.51 bits per heavy atom. The van der Waals surface area contributed by atoms with E-state index in [2.05, 4.69) is 33.9 Å². The van der Waals surface area contributed by atoms with Crippen molar-refractivity contribution in [2.24, 2.45) is 0 Å². The van der Waals surface area contributed by atoms with Crippen molar-refractivity contribution in [3.05, 3.63) is 108 Å². The molecule has 3 aromatic rings. The van der Waals surface area contributed by atoms with Crippen molar-refractivity contribution in [3.8, 4) is 0 Å². The minimum absolute atomic E-state index is 0.0406. The molecule has 4 rings (SSSR count). The van der Waals surface area contributed by atoms with Gasteiger partial charge in [-0.25, -0.2) is 0 Å². The maximum absolute atomic E-state index is 12.5. The maximum Gasteiger partial charge on any atom is 0.303 e. The van der Waals surface area contributed by atoms with Crippen LogP contribution < -0.4 is 0 Å². The molecule has 0 aromatic heterocycles. The van der Waals surface area contributed by atoms with Crippen molar-refractivity contribution in [2.45, 2.75) is 89.1 Å². The molecule has 45 heavy (non-hydrogen) atoms. The summed E-state index contributed by atoms with van der Waals surface area (Å²) in [5, 5.41) is -0.163. The van der Waals surface area contributed by atoms with E-state index in [0.29, 0.717) is 0 Å². The lowest BCUT2D eigenvalue weighted by Gasteiger charge is -2.49. The number of methoxy groups -OCH3 is 1. The van der Waals surface area contributed by atoms with Gasteiger partial charge in [0.25, 0.3) is 0 Å². The molecule has 0 saturated carbocycles. The van der Waals surface area contributed by atoms with Gasteiger partial charge in [0.15, 0.2) is 26.8 Å². The van der Waals surface area contributed by atoms with Gasteiger partial charge in [-0.15, -0.1) is 0 Å². The summed E-state index contributed by atoms with van der Waals surface area (Å²) in [5.74, 6) is -1.09. The Bertz CT molecular complexity index is 1290. The summed E-state index contributed by atoms with van der Waals surface area (Å²) in [6.45, 7) is 13.1. The van der Waals surface area contributed by atoms with Crippen LogP contribution in [0.15, 0.2) is 91.0 Å². The van der Waals surface area contributed by atoms with Gasteiger partial charge < -0.3 is 28.1 Å². The van der Waals surface area contributed by atoms with E-state index in [1.807, 2.05) is 91.0 Å². The quantitative estimate of drug-likeness (QED) is 0.132. The number of esters is 2. The van der Waals surface area contributed by atoms with Crippen molar-refractivity contribution in [2.75, 3.05) is 13.7 Å². The zero-order valence-electron chi connectivity index (χ0n) is 27.5. The van der Waals surface area contributed by atoms with Gasteiger partial charge >= 0.3 is 11.9 Å². The summed E-state index contributed by atoms with van der Waals surface area (Å²) in [7, 11) is -0.921. The van der Waals surface area contributed by atoms with Gasteiger partial charge in [-0.3, -0.25) is 9.59 Å². The average Bonchev–Trinajstić information content (AvgIpc) is 3.00. The van der Waals surface area contributed by atoms with Crippen molar-refractivity contribution < 1.29 is 37.7 Å². The van der Waals surface area contributed by atoms with Crippen LogP contribution in [0, 0.1) is 0 Å². The first-order valence-corrected chi connectivity index (χ1v) is 18.2. The molecule has 1 aliphatic heterocycles. The molecule has 0 bridgehead atoms. The fourth-order valence-corrected chi connectivity index (χ4v) is 6.76. The van der Waals surface area contributed by atoms with Gasteiger partial charge in [-0.05, 0) is 34.8 Å². The standard InChI is InChI=1S/C36H46O8Si/c1-25(37)41-31-30(43-34(39-6)33(32(31)42-26(2)38)44-45(7,8)35(3,4)5)24-40-36(27-18-12-9-13-19-27,28-20-14-10-15-21-28)29-22-16-11-17-23-29/h9-23,30-34H,24H2,1-8H3/t30-,31+,32+,33-,34+/m1/s1. The predicted molar refractivity (Wildman–Crippen MR) is 174 cm³/mol. The SMILES string of the molecule is CO[C@H]1O[C@H](COC(c2ccccc2)(c2ccccc2)c2ccccc2)[C@H](OC(C)=O)[C@H](OC(C)=O)[C@H]1O[Si](C)(C)C(C)(C)C. The molecule has 1 aliphatic rings. The lowest BCUT2D eigenvalue weighted by molar-refractivity contribution is -0.300. The lowest BCUT2D eigenvalue weighted by Crippen LogP contribution is -2.65. The molecule has 0 amide bonds. The van der Waals surface area contributed by atoms with E-state index in [-0.39, 0.29) is 11.6 Å². The smallest absolute Gasteiger partial charge is 0.303 e. The molecule has 0 radical (unpaired) electrons. The molecule has 1 heterocycles. The Balaban J connectivity index is 1.81. The second kappa shape index (κ2) is 14.4. The molecule has 9 heteroatoms. The number of hydrogen-bond donors (Lipinski definition) is 0. The van der Waals surface area contributed by atoms with E-state index in [9.17, 15) is 9.59 Å². The number of carbonyl (C=O) groups is 2. The Kier molecular flexibility index (Phi) is 11.0. The molecule has 1 saturated heterocycles. The second-order valence-corrected chi connectivity index (χ2v) is 17.6. The van der Waals surface area contributed by atoms with Crippen LogP contribution in [0.5, 0.6) is 0 Å². The molecule has 242 valence electrons. The van der Waals surface area contributed by atoms with E-state index < -0.39 is 56.6 Å². The predicted octanol–water partition coefficient (Wildman–Crippen LogP) is 6.62. The fraction of sp³-hybridized carbons (Fsp3) is 0.444. The Hall–Kier alpha value is -3.34. The summed E-state index contributed by atoms with van der Waals surface area (Å²) in [6.07, 6.45) is -4.69. The third-order valence-corrected chi connectivity index (χ3v) is 13.1. The molecule has 0 aliphatic carbocycles. The van der Waals surface area contributed by atoms with E-state index in [1.165, 1.54) is 21.0 Å². The van der Waals surface area contributed by atoms with Crippen molar-refractivity contribution >= 4 is 20.3 Å². The van der Waals surface area contributed by atoms with Crippen LogP contribution in [-0.4, -0.2) is 64.7 Å². The Morgan fingerprint density at radius 2 is 1.13 bits per heavy atom. The van der Waals surface area contributed by atoms with Crippen LogP contribution in [0.1, 0.15) is 51.3 Å². The van der Waals surface area contributed by atoms with Crippen LogP contribution in [0.25, 0.3) is 0 Å². The van der Waals surface area contributed by atoms with E-state index in [1.54, 1.807) is 0 Å². The number of ether oxygens (including phenoxy) is 5. The highest BCUT2D eigenvalue weighted by atomic mass is 28.4. The summed E-state index contributed by atoms with van der Waals surface area (Å²) in [4.78, 5) is 25.0. The van der Waals surface area contributed by atoms with Crippen LogP contribution in [0.2, 0.25) is 18.1 Å². The first kappa shape index (κ1) is 34.5. The first-order valence-electron chi connectivity index (χ1n) is 15.3. The topological polar surface area (TPSA) is 89.5 Å². The summed E-state index contributed by atoms with van der Waals surface area (Å²) in [5.41, 5.74) is 1.66. The summed E-state index contributed by atoms with van der Waals surface area (Å²) in [6, 6.07) is 29.8. The molecule has 0 spiro atoms. The highest BCUT2D eigenvalue weighted by molar-refractivity contribution is 6.74. The van der Waals surface area contributed by atoms with Crippen LogP contribution in [0.3, 0.4) is 0 Å². The highest BCUT2D eigenvalue weighted by Gasteiger charge is 2.54. The third-order valence-electron chi connectivity index (χ3n) is 8.67. The number of carbonyl (C=O) groups excluding carboxylic acids is 2. The average molecular weight is 635 g/mol. The minimum atomic E-state index is -2.44. The third kappa shape index (κ3) is 7.73. The van der Waals surface area contributed by atoms with Gasteiger partial charge in [0.1, 0.15) is 17.8 Å². The van der Waals surface area contributed by atoms with Crippen LogP contribution in [-0.2, 0) is 43.3 Å². The first-order chi connectivity index (χ1) is 21.3.